The molecule has 4 N–H and O–H groups in total. The Kier molecular flexibility index (Phi) is 3.66. The molecular weight excluding hydrogens is 214 g/mol. The molecule has 4 nitrogen and oxygen atoms in total. The molecule has 0 aliphatic rings. The second kappa shape index (κ2) is 4.59. The van der Waals surface area contributed by atoms with E-state index in [1.165, 1.54) is 12.3 Å². The number of rotatable bonds is 3. The van der Waals surface area contributed by atoms with E-state index in [0.717, 1.165) is 0 Å². The third-order valence-electron chi connectivity index (χ3n) is 2.18. The predicted molar refractivity (Wildman–Crippen MR) is 60.8 cm³/mol. The topological polar surface area (TPSA) is 82.0 Å². The Morgan fingerprint density at radius 1 is 1.53 bits per heavy atom. The molecule has 1 aromatic rings. The van der Waals surface area contributed by atoms with Crippen LogP contribution in [-0.4, -0.2) is 16.8 Å². The summed E-state index contributed by atoms with van der Waals surface area (Å²) >= 11 is 5.76. The zero-order valence-corrected chi connectivity index (χ0v) is 9.45. The predicted octanol–water partition coefficient (Wildman–Crippen LogP) is 1.48. The van der Waals surface area contributed by atoms with Crippen LogP contribution in [0, 0.1) is 5.92 Å². The fourth-order valence-electron chi connectivity index (χ4n) is 1.08. The van der Waals surface area contributed by atoms with Gasteiger partial charge in [0, 0.05) is 11.8 Å². The van der Waals surface area contributed by atoms with E-state index >= 15 is 0 Å². The molecule has 0 saturated heterocycles. The number of hydrogen-bond donors (Lipinski definition) is 2. The Labute approximate surface area is 93.6 Å². The average Bonchev–Trinajstić information content (AvgIpc) is 2.19. The third-order valence-corrected chi connectivity index (χ3v) is 2.48. The van der Waals surface area contributed by atoms with Crippen molar-refractivity contribution in [1.29, 1.82) is 0 Å². The number of nitrogens with zero attached hydrogens (tertiary/aromatic N) is 1. The largest absolute Gasteiger partial charge is 0.382 e. The maximum absolute atomic E-state index is 11.8. The van der Waals surface area contributed by atoms with Crippen molar-refractivity contribution in [3.05, 3.63) is 22.8 Å². The summed E-state index contributed by atoms with van der Waals surface area (Å²) in [5.74, 6) is 0.125. The summed E-state index contributed by atoms with van der Waals surface area (Å²) in [6.07, 6.45) is 1.39. The molecule has 0 aliphatic heterocycles. The molecule has 5 heteroatoms. The first-order chi connectivity index (χ1) is 6.93. The van der Waals surface area contributed by atoms with Gasteiger partial charge >= 0.3 is 0 Å². The van der Waals surface area contributed by atoms with E-state index in [1.54, 1.807) is 0 Å². The molecular formula is C10H14ClN3O. The number of halogens is 1. The van der Waals surface area contributed by atoms with Crippen molar-refractivity contribution in [2.45, 2.75) is 19.9 Å². The maximum atomic E-state index is 11.8. The van der Waals surface area contributed by atoms with Gasteiger partial charge in [0.05, 0.1) is 11.1 Å². The van der Waals surface area contributed by atoms with Crippen LogP contribution in [0.3, 0.4) is 0 Å². The zero-order chi connectivity index (χ0) is 11.6. The van der Waals surface area contributed by atoms with Gasteiger partial charge in [0.15, 0.2) is 5.78 Å². The van der Waals surface area contributed by atoms with Crippen molar-refractivity contribution in [1.82, 2.24) is 4.98 Å². The second-order valence-corrected chi connectivity index (χ2v) is 4.13. The van der Waals surface area contributed by atoms with Gasteiger partial charge < -0.3 is 11.5 Å². The minimum Gasteiger partial charge on any atom is -0.382 e. The van der Waals surface area contributed by atoms with Gasteiger partial charge in [-0.15, -0.1) is 0 Å². The molecule has 1 heterocycles. The fourth-order valence-corrected chi connectivity index (χ4v) is 1.24. The number of Topliss-reactive ketones (excluding diaryl/α,β-unsaturated/α-hetero) is 1. The molecule has 0 saturated carbocycles. The molecule has 0 amide bonds. The number of anilines is 1. The summed E-state index contributed by atoms with van der Waals surface area (Å²) in [5, 5.41) is 0.275. The Morgan fingerprint density at radius 2 is 2.13 bits per heavy atom. The van der Waals surface area contributed by atoms with Gasteiger partial charge in [-0.1, -0.05) is 25.4 Å². The molecule has 82 valence electrons. The molecule has 0 aromatic carbocycles. The first kappa shape index (κ1) is 11.9. The average molecular weight is 228 g/mol. The van der Waals surface area contributed by atoms with Crippen LogP contribution < -0.4 is 11.5 Å². The lowest BCUT2D eigenvalue weighted by atomic mass is 9.97. The highest BCUT2D eigenvalue weighted by atomic mass is 35.5. The Bertz CT molecular complexity index is 379. The number of hydrogen-bond acceptors (Lipinski definition) is 4. The van der Waals surface area contributed by atoms with E-state index in [1.807, 2.05) is 13.8 Å². The van der Waals surface area contributed by atoms with Crippen LogP contribution in [0.4, 0.5) is 5.82 Å². The van der Waals surface area contributed by atoms with Crippen LogP contribution in [-0.2, 0) is 0 Å². The minimum atomic E-state index is -0.536. The first-order valence-corrected chi connectivity index (χ1v) is 5.02. The minimum absolute atomic E-state index is 0.0776. The monoisotopic (exact) mass is 227 g/mol. The Morgan fingerprint density at radius 3 is 2.60 bits per heavy atom. The number of nitrogens with two attached hydrogens (primary N) is 2. The van der Waals surface area contributed by atoms with Gasteiger partial charge in [-0.25, -0.2) is 4.98 Å². The van der Waals surface area contributed by atoms with Crippen LogP contribution in [0.15, 0.2) is 12.3 Å². The van der Waals surface area contributed by atoms with Crippen molar-refractivity contribution < 1.29 is 4.79 Å². The lowest BCUT2D eigenvalue weighted by molar-refractivity contribution is 0.0940. The van der Waals surface area contributed by atoms with Crippen molar-refractivity contribution in [3.63, 3.8) is 0 Å². The number of pyridine rings is 1. The summed E-state index contributed by atoms with van der Waals surface area (Å²) < 4.78 is 0. The number of carbonyl (C=O) groups is 1. The summed E-state index contributed by atoms with van der Waals surface area (Å²) in [6.45, 7) is 3.77. The number of ketones is 1. The highest BCUT2D eigenvalue weighted by molar-refractivity contribution is 6.33. The van der Waals surface area contributed by atoms with Gasteiger partial charge in [0.1, 0.15) is 5.82 Å². The number of aromatic nitrogens is 1. The van der Waals surface area contributed by atoms with Gasteiger partial charge in [-0.05, 0) is 12.0 Å². The lowest BCUT2D eigenvalue weighted by Gasteiger charge is -2.14. The van der Waals surface area contributed by atoms with Crippen LogP contribution in [0.2, 0.25) is 5.02 Å². The summed E-state index contributed by atoms with van der Waals surface area (Å²) in [4.78, 5) is 15.6. The standard InChI is InChI=1S/C10H14ClN3O/c1-5(2)8(12)9(15)6-3-7(11)10(13)14-4-6/h3-5,8H,12H2,1-2H3,(H2,13,14). The van der Waals surface area contributed by atoms with Crippen LogP contribution >= 0.6 is 11.6 Å². The van der Waals surface area contributed by atoms with Gasteiger partial charge in [0.2, 0.25) is 0 Å². The van der Waals surface area contributed by atoms with Gasteiger partial charge in [0.25, 0.3) is 0 Å². The number of carbonyl (C=O) groups excluding carboxylic acids is 1. The third kappa shape index (κ3) is 2.67. The summed E-state index contributed by atoms with van der Waals surface area (Å²) in [5.41, 5.74) is 11.6. The Hall–Kier alpha value is -1.13. The molecule has 0 radical (unpaired) electrons. The Balaban J connectivity index is 2.97. The van der Waals surface area contributed by atoms with E-state index in [9.17, 15) is 4.79 Å². The molecule has 1 rings (SSSR count). The second-order valence-electron chi connectivity index (χ2n) is 3.73. The van der Waals surface area contributed by atoms with E-state index in [4.69, 9.17) is 23.1 Å². The molecule has 0 fully saturated rings. The van der Waals surface area contributed by atoms with Crippen LogP contribution in [0.1, 0.15) is 24.2 Å². The molecule has 0 spiro atoms. The number of nitrogen functional groups attached to an aromatic ring is 1. The van der Waals surface area contributed by atoms with Crippen molar-refractivity contribution in [3.8, 4) is 0 Å². The zero-order valence-electron chi connectivity index (χ0n) is 8.70. The molecule has 1 atom stereocenters. The summed E-state index contributed by atoms with van der Waals surface area (Å²) in [7, 11) is 0. The van der Waals surface area contributed by atoms with E-state index in [0.29, 0.717) is 5.56 Å². The van der Waals surface area contributed by atoms with Crippen LogP contribution in [0.5, 0.6) is 0 Å². The van der Waals surface area contributed by atoms with Gasteiger partial charge in [-0.2, -0.15) is 0 Å². The fraction of sp³-hybridized carbons (Fsp3) is 0.400. The van der Waals surface area contributed by atoms with E-state index in [2.05, 4.69) is 4.98 Å². The summed E-state index contributed by atoms with van der Waals surface area (Å²) in [6, 6.07) is 0.959. The SMILES string of the molecule is CC(C)C(N)C(=O)c1cnc(N)c(Cl)c1. The lowest BCUT2D eigenvalue weighted by Crippen LogP contribution is -2.35. The van der Waals surface area contributed by atoms with E-state index in [-0.39, 0.29) is 22.5 Å². The molecule has 0 bridgehead atoms. The van der Waals surface area contributed by atoms with Crippen molar-refractivity contribution >= 4 is 23.2 Å². The highest BCUT2D eigenvalue weighted by Crippen LogP contribution is 2.18. The maximum Gasteiger partial charge on any atom is 0.181 e. The van der Waals surface area contributed by atoms with Crippen LogP contribution in [0.25, 0.3) is 0 Å². The molecule has 1 unspecified atom stereocenters. The molecule has 1 aromatic heterocycles. The molecule has 15 heavy (non-hydrogen) atoms. The van der Waals surface area contributed by atoms with Gasteiger partial charge in [-0.3, -0.25) is 4.79 Å². The van der Waals surface area contributed by atoms with Crippen molar-refractivity contribution in [2.75, 3.05) is 5.73 Å². The molecule has 0 aliphatic carbocycles. The quantitative estimate of drug-likeness (QED) is 0.767. The van der Waals surface area contributed by atoms with Crippen molar-refractivity contribution in [2.24, 2.45) is 11.7 Å². The first-order valence-electron chi connectivity index (χ1n) is 4.64. The van der Waals surface area contributed by atoms with E-state index < -0.39 is 6.04 Å². The normalized spacial score (nSPS) is 12.9. The smallest absolute Gasteiger partial charge is 0.181 e. The highest BCUT2D eigenvalue weighted by Gasteiger charge is 2.19.